The quantitative estimate of drug-likeness (QED) is 0.322. The van der Waals surface area contributed by atoms with Crippen LogP contribution in [0.15, 0.2) is 88.9 Å². The summed E-state index contributed by atoms with van der Waals surface area (Å²) in [4.78, 5) is 27.5. The van der Waals surface area contributed by atoms with Crippen molar-refractivity contribution in [2.75, 3.05) is 0 Å². The number of carbonyl (C=O) groups excluding carboxylic acids is 2. The fourth-order valence-corrected chi connectivity index (χ4v) is 3.95. The van der Waals surface area contributed by atoms with Crippen molar-refractivity contribution in [1.29, 1.82) is 0 Å². The number of aliphatic hydroxyl groups is 1. The molecule has 1 N–H and O–H groups in total. The van der Waals surface area contributed by atoms with E-state index in [1.54, 1.807) is 12.1 Å². The lowest BCUT2D eigenvalue weighted by molar-refractivity contribution is -0.140. The number of rotatable bonds is 4. The van der Waals surface area contributed by atoms with Crippen LogP contribution in [-0.4, -0.2) is 21.7 Å². The molecule has 1 amide bonds. The predicted octanol–water partition coefficient (Wildman–Crippen LogP) is 5.38. The van der Waals surface area contributed by atoms with Crippen LogP contribution in [-0.2, 0) is 16.1 Å². The van der Waals surface area contributed by atoms with E-state index in [2.05, 4.69) is 15.9 Å². The molecule has 1 atom stereocenters. The second-order valence-corrected chi connectivity index (χ2v) is 8.25. The Morgan fingerprint density at radius 3 is 2.20 bits per heavy atom. The first kappa shape index (κ1) is 20.1. The second kappa shape index (κ2) is 8.28. The van der Waals surface area contributed by atoms with E-state index in [0.717, 1.165) is 21.2 Å². The Hall–Kier alpha value is -3.18. The zero-order chi connectivity index (χ0) is 21.3. The molecule has 0 radical (unpaired) electrons. The number of benzene rings is 3. The highest BCUT2D eigenvalue weighted by Crippen LogP contribution is 2.40. The van der Waals surface area contributed by atoms with Crippen LogP contribution in [0.1, 0.15) is 28.3 Å². The number of ketones is 1. The Kier molecular flexibility index (Phi) is 5.55. The lowest BCUT2D eigenvalue weighted by Crippen LogP contribution is -2.29. The molecular weight excluding hydrogens is 442 g/mol. The van der Waals surface area contributed by atoms with Crippen LogP contribution in [0.25, 0.3) is 5.76 Å². The van der Waals surface area contributed by atoms with Crippen molar-refractivity contribution in [2.24, 2.45) is 0 Å². The molecule has 30 heavy (non-hydrogen) atoms. The van der Waals surface area contributed by atoms with Gasteiger partial charge in [0.1, 0.15) is 5.76 Å². The molecular formula is C25H20BrNO3. The van der Waals surface area contributed by atoms with Gasteiger partial charge in [-0.15, -0.1) is 0 Å². The smallest absolute Gasteiger partial charge is 0.295 e. The third kappa shape index (κ3) is 3.81. The summed E-state index contributed by atoms with van der Waals surface area (Å²) >= 11 is 3.43. The molecule has 5 heteroatoms. The van der Waals surface area contributed by atoms with Crippen molar-refractivity contribution in [3.63, 3.8) is 0 Å². The maximum Gasteiger partial charge on any atom is 0.295 e. The van der Waals surface area contributed by atoms with Gasteiger partial charge < -0.3 is 10.0 Å². The van der Waals surface area contributed by atoms with E-state index in [1.807, 2.05) is 73.7 Å². The zero-order valence-corrected chi connectivity index (χ0v) is 18.0. The van der Waals surface area contributed by atoms with Gasteiger partial charge >= 0.3 is 0 Å². The molecule has 0 bridgehead atoms. The predicted molar refractivity (Wildman–Crippen MR) is 120 cm³/mol. The molecule has 1 saturated heterocycles. The number of aryl methyl sites for hydroxylation is 1. The number of hydrogen-bond acceptors (Lipinski definition) is 3. The number of aliphatic hydroxyl groups excluding tert-OH is 1. The van der Waals surface area contributed by atoms with Gasteiger partial charge in [0.25, 0.3) is 11.7 Å². The first-order chi connectivity index (χ1) is 14.5. The van der Waals surface area contributed by atoms with Gasteiger partial charge in [-0.05, 0) is 30.2 Å². The van der Waals surface area contributed by atoms with Crippen molar-refractivity contribution in [2.45, 2.75) is 19.5 Å². The summed E-state index contributed by atoms with van der Waals surface area (Å²) in [5.41, 5.74) is 3.35. The molecule has 4 rings (SSSR count). The molecule has 0 saturated carbocycles. The minimum atomic E-state index is -0.670. The summed E-state index contributed by atoms with van der Waals surface area (Å²) in [5, 5.41) is 11.0. The molecule has 0 aliphatic carbocycles. The molecule has 1 heterocycles. The topological polar surface area (TPSA) is 57.6 Å². The summed E-state index contributed by atoms with van der Waals surface area (Å²) in [5.74, 6) is -1.44. The van der Waals surface area contributed by atoms with Gasteiger partial charge in [0.2, 0.25) is 0 Å². The number of amides is 1. The number of halogens is 1. The van der Waals surface area contributed by atoms with Crippen molar-refractivity contribution in [3.05, 3.63) is 111 Å². The highest BCUT2D eigenvalue weighted by molar-refractivity contribution is 9.10. The number of hydrogen-bond donors (Lipinski definition) is 1. The lowest BCUT2D eigenvalue weighted by Gasteiger charge is -2.25. The van der Waals surface area contributed by atoms with Gasteiger partial charge in [-0.25, -0.2) is 0 Å². The van der Waals surface area contributed by atoms with Gasteiger partial charge in [0.15, 0.2) is 0 Å². The molecule has 1 aliphatic heterocycles. The minimum Gasteiger partial charge on any atom is -0.507 e. The average molecular weight is 462 g/mol. The van der Waals surface area contributed by atoms with E-state index in [0.29, 0.717) is 5.56 Å². The van der Waals surface area contributed by atoms with Crippen LogP contribution in [0.4, 0.5) is 0 Å². The van der Waals surface area contributed by atoms with Crippen LogP contribution in [0.3, 0.4) is 0 Å². The number of nitrogens with zero attached hydrogens (tertiary/aromatic N) is 1. The van der Waals surface area contributed by atoms with E-state index < -0.39 is 17.7 Å². The molecule has 4 nitrogen and oxygen atoms in total. The van der Waals surface area contributed by atoms with E-state index in [4.69, 9.17) is 0 Å². The Balaban J connectivity index is 1.85. The maximum absolute atomic E-state index is 13.0. The highest BCUT2D eigenvalue weighted by Gasteiger charge is 2.46. The van der Waals surface area contributed by atoms with Crippen molar-refractivity contribution in [1.82, 2.24) is 4.90 Å². The molecule has 1 aliphatic rings. The largest absolute Gasteiger partial charge is 0.507 e. The van der Waals surface area contributed by atoms with Gasteiger partial charge in [0.05, 0.1) is 11.6 Å². The Labute approximate surface area is 183 Å². The standard InChI is InChI=1S/C25H20BrNO3/c1-16-7-9-19(10-8-16)23(28)21-22(18-11-13-20(26)14-12-18)27(25(30)24(21)29)15-17-5-3-2-4-6-17/h2-14,22,28H,15H2,1H3/b23-21+/t22-/m1/s1. The summed E-state index contributed by atoms with van der Waals surface area (Å²) < 4.78 is 0.893. The normalized spacial score (nSPS) is 18.1. The maximum atomic E-state index is 13.0. The van der Waals surface area contributed by atoms with Crippen molar-refractivity contribution < 1.29 is 14.7 Å². The second-order valence-electron chi connectivity index (χ2n) is 7.33. The molecule has 0 aromatic heterocycles. The third-order valence-corrected chi connectivity index (χ3v) is 5.78. The van der Waals surface area contributed by atoms with Crippen LogP contribution in [0, 0.1) is 6.92 Å². The van der Waals surface area contributed by atoms with Crippen LogP contribution in [0.5, 0.6) is 0 Å². The highest BCUT2D eigenvalue weighted by atomic mass is 79.9. The van der Waals surface area contributed by atoms with Crippen molar-refractivity contribution in [3.8, 4) is 0 Å². The third-order valence-electron chi connectivity index (χ3n) is 5.25. The summed E-state index contributed by atoms with van der Waals surface area (Å²) in [6.07, 6.45) is 0. The first-order valence-electron chi connectivity index (χ1n) is 9.60. The van der Waals surface area contributed by atoms with E-state index in [9.17, 15) is 14.7 Å². The summed E-state index contributed by atoms with van der Waals surface area (Å²) in [6, 6.07) is 23.6. The molecule has 3 aromatic carbocycles. The average Bonchev–Trinajstić information content (AvgIpc) is 3.00. The van der Waals surface area contributed by atoms with Gasteiger partial charge in [-0.3, -0.25) is 9.59 Å². The van der Waals surface area contributed by atoms with Crippen molar-refractivity contribution >= 4 is 33.4 Å². The zero-order valence-electron chi connectivity index (χ0n) is 16.4. The van der Waals surface area contributed by atoms with Crippen LogP contribution in [0.2, 0.25) is 0 Å². The fourth-order valence-electron chi connectivity index (χ4n) is 3.68. The molecule has 150 valence electrons. The molecule has 3 aromatic rings. The monoisotopic (exact) mass is 461 g/mol. The van der Waals surface area contributed by atoms with Gasteiger partial charge in [0, 0.05) is 16.6 Å². The van der Waals surface area contributed by atoms with E-state index in [1.165, 1.54) is 4.90 Å². The lowest BCUT2D eigenvalue weighted by atomic mass is 9.95. The van der Waals surface area contributed by atoms with Gasteiger partial charge in [-0.1, -0.05) is 88.2 Å². The Morgan fingerprint density at radius 2 is 1.57 bits per heavy atom. The Morgan fingerprint density at radius 1 is 0.933 bits per heavy atom. The van der Waals surface area contributed by atoms with E-state index in [-0.39, 0.29) is 17.9 Å². The van der Waals surface area contributed by atoms with Gasteiger partial charge in [-0.2, -0.15) is 0 Å². The number of likely N-dealkylation sites (tertiary alicyclic amines) is 1. The molecule has 0 unspecified atom stereocenters. The van der Waals surface area contributed by atoms with Crippen LogP contribution >= 0.6 is 15.9 Å². The summed E-state index contributed by atoms with van der Waals surface area (Å²) in [7, 11) is 0. The summed E-state index contributed by atoms with van der Waals surface area (Å²) in [6.45, 7) is 2.22. The van der Waals surface area contributed by atoms with E-state index >= 15 is 0 Å². The SMILES string of the molecule is Cc1ccc(/C(O)=C2\C(=O)C(=O)N(Cc3ccccc3)[C@@H]2c2ccc(Br)cc2)cc1. The molecule has 0 spiro atoms. The fraction of sp³-hybridized carbons (Fsp3) is 0.120. The number of carbonyl (C=O) groups is 2. The Bertz CT molecular complexity index is 1120. The first-order valence-corrected chi connectivity index (χ1v) is 10.4. The minimum absolute atomic E-state index is 0.113. The molecule has 1 fully saturated rings. The number of Topliss-reactive ketones (excluding diaryl/α,β-unsaturated/α-hetero) is 1. The van der Waals surface area contributed by atoms with Crippen LogP contribution < -0.4 is 0 Å².